The molecule has 5 saturated heterocycles. The van der Waals surface area contributed by atoms with Gasteiger partial charge in [-0.1, -0.05) is 0 Å². The van der Waals surface area contributed by atoms with Gasteiger partial charge in [-0.05, 0) is 91.3 Å². The number of hydrogen-bond acceptors (Lipinski definition) is 4. The number of nitrogens with zero attached hydrogens (tertiary/aromatic N) is 4. The van der Waals surface area contributed by atoms with E-state index in [0.29, 0.717) is 0 Å². The van der Waals surface area contributed by atoms with Gasteiger partial charge in [0.1, 0.15) is 0 Å². The van der Waals surface area contributed by atoms with Crippen molar-refractivity contribution in [3.05, 3.63) is 0 Å². The number of piperidine rings is 3. The number of rotatable bonds is 4. The lowest BCUT2D eigenvalue weighted by molar-refractivity contribution is -0.0901. The Hall–Kier alpha value is -0.160. The summed E-state index contributed by atoms with van der Waals surface area (Å²) < 4.78 is 0. The molecule has 0 aromatic heterocycles. The van der Waals surface area contributed by atoms with Gasteiger partial charge in [0.05, 0.1) is 0 Å². The third-order valence-electron chi connectivity index (χ3n) is 7.21. The fraction of sp³-hybridized carbons (Fsp3) is 1.00. The fourth-order valence-electron chi connectivity index (χ4n) is 5.43. The van der Waals surface area contributed by atoms with Crippen LogP contribution in [0, 0.1) is 5.92 Å². The predicted molar refractivity (Wildman–Crippen MR) is 95.8 cm³/mol. The molecule has 5 aliphatic heterocycles. The average Bonchev–Trinajstić information content (AvgIpc) is 2.57. The second-order valence-electron chi connectivity index (χ2n) is 8.80. The normalized spacial score (nSPS) is 36.3. The Bertz CT molecular complexity index is 373. The fourth-order valence-corrected chi connectivity index (χ4v) is 5.43. The zero-order valence-electron chi connectivity index (χ0n) is 15.3. The standard InChI is InChI=1S/C19H36N4/c1-20-8-3-16(4-9-20)5-12-23-18-13-19(23)15-22(14-18)17-6-10-21(2)11-7-17/h16-19H,3-15H2,1-2H3. The van der Waals surface area contributed by atoms with E-state index in [2.05, 4.69) is 33.7 Å². The summed E-state index contributed by atoms with van der Waals surface area (Å²) >= 11 is 0. The first-order chi connectivity index (χ1) is 11.2. The molecule has 5 aliphatic rings. The smallest absolute Gasteiger partial charge is 0.0242 e. The third-order valence-corrected chi connectivity index (χ3v) is 7.21. The van der Waals surface area contributed by atoms with Crippen LogP contribution in [0.15, 0.2) is 0 Å². The quantitative estimate of drug-likeness (QED) is 0.779. The van der Waals surface area contributed by atoms with Crippen LogP contribution in [0.3, 0.4) is 0 Å². The molecule has 5 fully saturated rings. The molecule has 0 aromatic carbocycles. The summed E-state index contributed by atoms with van der Waals surface area (Å²) in [6, 6.07) is 2.66. The Balaban J connectivity index is 1.21. The average molecular weight is 321 g/mol. The summed E-state index contributed by atoms with van der Waals surface area (Å²) in [5.41, 5.74) is 0. The summed E-state index contributed by atoms with van der Waals surface area (Å²) in [6.45, 7) is 9.34. The number of piperazine rings is 1. The molecule has 0 N–H and O–H groups in total. The van der Waals surface area contributed by atoms with Gasteiger partial charge in [-0.2, -0.15) is 0 Å². The van der Waals surface area contributed by atoms with E-state index in [9.17, 15) is 0 Å². The van der Waals surface area contributed by atoms with Crippen LogP contribution in [-0.2, 0) is 0 Å². The van der Waals surface area contributed by atoms with Gasteiger partial charge in [-0.25, -0.2) is 0 Å². The van der Waals surface area contributed by atoms with Crippen molar-refractivity contribution in [2.24, 2.45) is 5.92 Å². The molecule has 5 heterocycles. The Morgan fingerprint density at radius 1 is 0.739 bits per heavy atom. The maximum Gasteiger partial charge on any atom is 0.0242 e. The van der Waals surface area contributed by atoms with Crippen LogP contribution in [0.25, 0.3) is 0 Å². The van der Waals surface area contributed by atoms with Crippen LogP contribution in [-0.4, -0.2) is 97.6 Å². The van der Waals surface area contributed by atoms with Crippen molar-refractivity contribution in [2.75, 3.05) is 59.9 Å². The van der Waals surface area contributed by atoms with Gasteiger partial charge in [-0.15, -0.1) is 0 Å². The number of hydrogen-bond donors (Lipinski definition) is 0. The van der Waals surface area contributed by atoms with Crippen LogP contribution >= 0.6 is 0 Å². The Morgan fingerprint density at radius 3 is 1.91 bits per heavy atom. The molecule has 0 spiro atoms. The van der Waals surface area contributed by atoms with E-state index in [0.717, 1.165) is 24.0 Å². The molecule has 2 bridgehead atoms. The SMILES string of the molecule is CN1CCC(CCN2C3CC2CN(C2CCN(C)CC2)C3)CC1. The topological polar surface area (TPSA) is 13.0 Å². The van der Waals surface area contributed by atoms with E-state index in [-0.39, 0.29) is 0 Å². The predicted octanol–water partition coefficient (Wildman–Crippen LogP) is 1.57. The van der Waals surface area contributed by atoms with E-state index in [1.807, 2.05) is 0 Å². The molecule has 0 aliphatic carbocycles. The first kappa shape index (κ1) is 16.3. The highest BCUT2D eigenvalue weighted by Crippen LogP contribution is 2.35. The molecule has 0 saturated carbocycles. The Morgan fingerprint density at radius 2 is 1.30 bits per heavy atom. The minimum absolute atomic E-state index is 0.882. The van der Waals surface area contributed by atoms with Crippen LogP contribution in [0.1, 0.15) is 38.5 Å². The zero-order valence-corrected chi connectivity index (χ0v) is 15.3. The molecular weight excluding hydrogens is 284 g/mol. The van der Waals surface area contributed by atoms with Crippen LogP contribution < -0.4 is 0 Å². The van der Waals surface area contributed by atoms with E-state index >= 15 is 0 Å². The van der Waals surface area contributed by atoms with Crippen molar-refractivity contribution in [1.29, 1.82) is 0 Å². The minimum Gasteiger partial charge on any atom is -0.306 e. The largest absolute Gasteiger partial charge is 0.306 e. The summed E-state index contributed by atoms with van der Waals surface area (Å²) in [6.07, 6.45) is 8.59. The highest BCUT2D eigenvalue weighted by molar-refractivity contribution is 5.02. The summed E-state index contributed by atoms with van der Waals surface area (Å²) in [4.78, 5) is 10.7. The first-order valence-corrected chi connectivity index (χ1v) is 10.1. The van der Waals surface area contributed by atoms with Crippen LogP contribution in [0.5, 0.6) is 0 Å². The van der Waals surface area contributed by atoms with Crippen molar-refractivity contribution >= 4 is 0 Å². The van der Waals surface area contributed by atoms with Gasteiger partial charge >= 0.3 is 0 Å². The molecule has 23 heavy (non-hydrogen) atoms. The third kappa shape index (κ3) is 3.60. The summed E-state index contributed by atoms with van der Waals surface area (Å²) in [5, 5.41) is 0. The minimum atomic E-state index is 0.882. The van der Waals surface area contributed by atoms with E-state index < -0.39 is 0 Å². The van der Waals surface area contributed by atoms with Crippen LogP contribution in [0.4, 0.5) is 0 Å². The molecule has 132 valence electrons. The van der Waals surface area contributed by atoms with Gasteiger partial charge in [0.2, 0.25) is 0 Å². The van der Waals surface area contributed by atoms with Gasteiger partial charge in [0.25, 0.3) is 0 Å². The van der Waals surface area contributed by atoms with Crippen molar-refractivity contribution < 1.29 is 0 Å². The lowest BCUT2D eigenvalue weighted by atomic mass is 9.84. The van der Waals surface area contributed by atoms with E-state index in [1.54, 1.807) is 0 Å². The molecule has 2 unspecified atom stereocenters. The molecule has 2 atom stereocenters. The molecule has 0 aromatic rings. The van der Waals surface area contributed by atoms with Crippen molar-refractivity contribution in [3.63, 3.8) is 0 Å². The Labute approximate surface area is 142 Å². The Kier molecular flexibility index (Phi) is 4.96. The second kappa shape index (κ2) is 6.99. The first-order valence-electron chi connectivity index (χ1n) is 10.1. The van der Waals surface area contributed by atoms with Gasteiger partial charge in [-0.3, -0.25) is 9.80 Å². The highest BCUT2D eigenvalue weighted by Gasteiger charge is 2.45. The number of fused-ring (bicyclic) bond motifs is 2. The van der Waals surface area contributed by atoms with Gasteiger partial charge < -0.3 is 9.80 Å². The highest BCUT2D eigenvalue weighted by atomic mass is 15.4. The maximum atomic E-state index is 2.86. The maximum absolute atomic E-state index is 2.86. The van der Waals surface area contributed by atoms with E-state index in [1.165, 1.54) is 84.3 Å². The van der Waals surface area contributed by atoms with Crippen molar-refractivity contribution in [3.8, 4) is 0 Å². The summed E-state index contributed by atoms with van der Waals surface area (Å²) in [5.74, 6) is 0.998. The van der Waals surface area contributed by atoms with E-state index in [4.69, 9.17) is 0 Å². The molecule has 4 nitrogen and oxygen atoms in total. The van der Waals surface area contributed by atoms with Crippen molar-refractivity contribution in [1.82, 2.24) is 19.6 Å². The summed E-state index contributed by atoms with van der Waals surface area (Å²) in [7, 11) is 4.54. The molecule has 0 amide bonds. The van der Waals surface area contributed by atoms with Crippen molar-refractivity contribution in [2.45, 2.75) is 56.7 Å². The lowest BCUT2D eigenvalue weighted by Gasteiger charge is -2.58. The molecular formula is C19H36N4. The number of likely N-dealkylation sites (tertiary alicyclic amines) is 2. The van der Waals surface area contributed by atoms with Gasteiger partial charge in [0, 0.05) is 31.2 Å². The lowest BCUT2D eigenvalue weighted by Crippen LogP contribution is -2.70. The van der Waals surface area contributed by atoms with Crippen LogP contribution in [0.2, 0.25) is 0 Å². The molecule has 0 radical (unpaired) electrons. The monoisotopic (exact) mass is 320 g/mol. The molecule has 5 rings (SSSR count). The second-order valence-corrected chi connectivity index (χ2v) is 8.80. The van der Waals surface area contributed by atoms with Gasteiger partial charge in [0.15, 0.2) is 0 Å². The zero-order chi connectivity index (χ0) is 15.8. The molecule has 4 heteroatoms.